The van der Waals surface area contributed by atoms with Crippen molar-refractivity contribution in [3.8, 4) is 11.5 Å². The molecule has 0 aliphatic heterocycles. The van der Waals surface area contributed by atoms with Crippen LogP contribution in [0.4, 0.5) is 0 Å². The normalized spacial score (nSPS) is 10.9. The van der Waals surface area contributed by atoms with E-state index in [2.05, 4.69) is 6.92 Å². The van der Waals surface area contributed by atoms with Crippen molar-refractivity contribution in [1.82, 2.24) is 4.90 Å². The number of rotatable bonds is 17. The van der Waals surface area contributed by atoms with Crippen LogP contribution in [0.2, 0.25) is 10.0 Å². The minimum atomic E-state index is 0.187. The Morgan fingerprint density at radius 2 is 1.45 bits per heavy atom. The molecule has 0 aliphatic carbocycles. The van der Waals surface area contributed by atoms with Crippen LogP contribution in [0.5, 0.6) is 11.5 Å². The van der Waals surface area contributed by atoms with E-state index in [0.29, 0.717) is 36.0 Å². The second kappa shape index (κ2) is 17.2. The highest BCUT2D eigenvalue weighted by Crippen LogP contribution is 2.24. The fourth-order valence-corrected chi connectivity index (χ4v) is 5.07. The number of halogens is 2. The summed E-state index contributed by atoms with van der Waals surface area (Å²) in [6.07, 6.45) is 12.4. The fourth-order valence-electron chi connectivity index (χ4n) is 4.57. The molecule has 0 radical (unpaired) electrons. The van der Waals surface area contributed by atoms with Crippen LogP contribution in [0, 0.1) is 0 Å². The van der Waals surface area contributed by atoms with Gasteiger partial charge in [0.15, 0.2) is 0 Å². The molecule has 0 saturated heterocycles. The van der Waals surface area contributed by atoms with Crippen molar-refractivity contribution in [3.63, 3.8) is 0 Å². The van der Waals surface area contributed by atoms with Gasteiger partial charge in [-0.25, -0.2) is 0 Å². The van der Waals surface area contributed by atoms with Crippen LogP contribution in [-0.4, -0.2) is 17.4 Å². The lowest BCUT2D eigenvalue weighted by Crippen LogP contribution is -2.32. The topological polar surface area (TPSA) is 29.5 Å². The molecule has 3 rings (SSSR count). The van der Waals surface area contributed by atoms with E-state index in [1.165, 1.54) is 44.9 Å². The second-order valence-electron chi connectivity index (χ2n) is 9.94. The maximum Gasteiger partial charge on any atom is 0.222 e. The first-order valence-corrected chi connectivity index (χ1v) is 14.8. The molecule has 38 heavy (non-hydrogen) atoms. The van der Waals surface area contributed by atoms with Gasteiger partial charge in [0.1, 0.15) is 11.5 Å². The average molecular weight is 555 g/mol. The molecule has 0 N–H and O–H groups in total. The summed E-state index contributed by atoms with van der Waals surface area (Å²) in [5.74, 6) is 1.74. The molecule has 0 fully saturated rings. The van der Waals surface area contributed by atoms with Crippen LogP contribution >= 0.6 is 23.2 Å². The number of carbonyl (C=O) groups is 1. The summed E-state index contributed by atoms with van der Waals surface area (Å²) in [7, 11) is 0. The molecule has 0 aromatic heterocycles. The largest absolute Gasteiger partial charge is 0.457 e. The van der Waals surface area contributed by atoms with Crippen LogP contribution < -0.4 is 4.74 Å². The number of unbranched alkanes of at least 4 members (excludes halogenated alkanes) is 8. The molecule has 0 saturated carbocycles. The van der Waals surface area contributed by atoms with E-state index in [1.807, 2.05) is 71.6 Å². The van der Waals surface area contributed by atoms with Crippen LogP contribution in [0.25, 0.3) is 0 Å². The Labute approximate surface area is 239 Å². The van der Waals surface area contributed by atoms with Crippen molar-refractivity contribution in [3.05, 3.63) is 94.0 Å². The van der Waals surface area contributed by atoms with E-state index < -0.39 is 0 Å². The molecule has 5 heteroatoms. The highest BCUT2D eigenvalue weighted by atomic mass is 35.5. The number of nitrogens with zero attached hydrogens (tertiary/aromatic N) is 1. The molecule has 0 heterocycles. The Hall–Kier alpha value is -2.49. The number of para-hydroxylation sites is 1. The highest BCUT2D eigenvalue weighted by molar-refractivity contribution is 6.35. The van der Waals surface area contributed by atoms with Gasteiger partial charge in [0, 0.05) is 29.6 Å². The third-order valence-electron chi connectivity index (χ3n) is 6.76. The maximum absolute atomic E-state index is 13.3. The molecular formula is C33H41Cl2NO2. The Morgan fingerprint density at radius 3 is 2.16 bits per heavy atom. The summed E-state index contributed by atoms with van der Waals surface area (Å²) in [6, 6.07) is 23.3. The first-order chi connectivity index (χ1) is 18.5. The number of ether oxygens (including phenoxy) is 1. The quantitative estimate of drug-likeness (QED) is 0.155. The van der Waals surface area contributed by atoms with Gasteiger partial charge in [0.2, 0.25) is 5.91 Å². The first kappa shape index (κ1) is 30.1. The molecule has 0 aliphatic rings. The minimum Gasteiger partial charge on any atom is -0.457 e. The summed E-state index contributed by atoms with van der Waals surface area (Å²) >= 11 is 12.5. The first-order valence-electron chi connectivity index (χ1n) is 14.1. The molecule has 0 atom stereocenters. The van der Waals surface area contributed by atoms with Gasteiger partial charge in [-0.2, -0.15) is 0 Å². The number of benzene rings is 3. The number of amides is 1. The molecule has 204 valence electrons. The summed E-state index contributed by atoms with van der Waals surface area (Å²) in [5.41, 5.74) is 2.04. The van der Waals surface area contributed by atoms with Gasteiger partial charge in [-0.15, -0.1) is 0 Å². The van der Waals surface area contributed by atoms with Crippen molar-refractivity contribution in [1.29, 1.82) is 0 Å². The third-order valence-corrected chi connectivity index (χ3v) is 7.35. The molecule has 1 amide bonds. The van der Waals surface area contributed by atoms with Gasteiger partial charge in [0.25, 0.3) is 0 Å². The van der Waals surface area contributed by atoms with Crippen molar-refractivity contribution in [2.45, 2.75) is 84.1 Å². The lowest BCUT2D eigenvalue weighted by molar-refractivity contribution is -0.131. The smallest absolute Gasteiger partial charge is 0.222 e. The van der Waals surface area contributed by atoms with Gasteiger partial charge in [-0.05, 0) is 60.4 Å². The summed E-state index contributed by atoms with van der Waals surface area (Å²) in [6.45, 7) is 3.38. The van der Waals surface area contributed by atoms with Gasteiger partial charge >= 0.3 is 0 Å². The van der Waals surface area contributed by atoms with Crippen LogP contribution in [0.15, 0.2) is 72.8 Å². The average Bonchev–Trinajstić information content (AvgIpc) is 2.91. The van der Waals surface area contributed by atoms with Gasteiger partial charge in [-0.3, -0.25) is 4.79 Å². The summed E-state index contributed by atoms with van der Waals surface area (Å²) in [5, 5.41) is 1.26. The van der Waals surface area contributed by atoms with E-state index in [9.17, 15) is 4.79 Å². The number of hydrogen-bond acceptors (Lipinski definition) is 2. The van der Waals surface area contributed by atoms with E-state index in [0.717, 1.165) is 35.5 Å². The summed E-state index contributed by atoms with van der Waals surface area (Å²) in [4.78, 5) is 15.3. The Balaban J connectivity index is 1.57. The minimum absolute atomic E-state index is 0.187. The Morgan fingerprint density at radius 1 is 0.763 bits per heavy atom. The van der Waals surface area contributed by atoms with Gasteiger partial charge < -0.3 is 9.64 Å². The molecular weight excluding hydrogens is 513 g/mol. The molecule has 3 nitrogen and oxygen atoms in total. The van der Waals surface area contributed by atoms with Crippen LogP contribution in [0.1, 0.15) is 82.3 Å². The monoisotopic (exact) mass is 553 g/mol. The third kappa shape index (κ3) is 11.1. The molecule has 0 unspecified atom stereocenters. The van der Waals surface area contributed by atoms with E-state index in [4.69, 9.17) is 27.9 Å². The Kier molecular flexibility index (Phi) is 13.6. The molecule has 3 aromatic rings. The van der Waals surface area contributed by atoms with Crippen LogP contribution in [0.3, 0.4) is 0 Å². The fraction of sp³-hybridized carbons (Fsp3) is 0.424. The van der Waals surface area contributed by atoms with E-state index >= 15 is 0 Å². The SMILES string of the molecule is CCCCCCCCCCCC(=O)N(CCc1ccc(Cl)cc1Cl)Cc1cccc(Oc2ccccc2)c1. The predicted octanol–water partition coefficient (Wildman–Crippen LogP) is 10.3. The highest BCUT2D eigenvalue weighted by Gasteiger charge is 2.15. The molecule has 3 aromatic carbocycles. The molecule has 0 spiro atoms. The van der Waals surface area contributed by atoms with Crippen molar-refractivity contribution >= 4 is 29.1 Å². The number of hydrogen-bond donors (Lipinski definition) is 0. The predicted molar refractivity (Wildman–Crippen MR) is 160 cm³/mol. The van der Waals surface area contributed by atoms with E-state index in [-0.39, 0.29) is 5.91 Å². The zero-order valence-corrected chi connectivity index (χ0v) is 24.2. The standard InChI is InChI=1S/C33H41Cl2NO2/c1-2-3-4-5-6-7-8-9-13-19-33(37)36(23-22-28-20-21-29(34)25-32(28)35)26-27-15-14-18-31(24-27)38-30-16-11-10-12-17-30/h10-12,14-18,20-21,24-25H,2-9,13,19,22-23,26H2,1H3. The zero-order valence-electron chi connectivity index (χ0n) is 22.6. The van der Waals surface area contributed by atoms with Crippen molar-refractivity contribution < 1.29 is 9.53 Å². The Bertz CT molecular complexity index is 1100. The maximum atomic E-state index is 13.3. The number of carbonyl (C=O) groups excluding carboxylic acids is 1. The lowest BCUT2D eigenvalue weighted by Gasteiger charge is -2.24. The van der Waals surface area contributed by atoms with Crippen molar-refractivity contribution in [2.24, 2.45) is 0 Å². The van der Waals surface area contributed by atoms with E-state index in [1.54, 1.807) is 6.07 Å². The lowest BCUT2D eigenvalue weighted by atomic mass is 10.1. The van der Waals surface area contributed by atoms with Gasteiger partial charge in [0.05, 0.1) is 0 Å². The van der Waals surface area contributed by atoms with Gasteiger partial charge in [-0.1, -0.05) is 118 Å². The zero-order chi connectivity index (χ0) is 27.0. The van der Waals surface area contributed by atoms with Crippen molar-refractivity contribution in [2.75, 3.05) is 6.54 Å². The second-order valence-corrected chi connectivity index (χ2v) is 10.8. The molecule has 0 bridgehead atoms. The summed E-state index contributed by atoms with van der Waals surface area (Å²) < 4.78 is 6.02. The van der Waals surface area contributed by atoms with Crippen LogP contribution in [-0.2, 0) is 17.8 Å².